The molecule has 1 unspecified atom stereocenters. The van der Waals surface area contributed by atoms with Crippen molar-refractivity contribution in [1.29, 1.82) is 0 Å². The highest BCUT2D eigenvalue weighted by Crippen LogP contribution is 2.22. The first-order chi connectivity index (χ1) is 14.0. The van der Waals surface area contributed by atoms with E-state index in [1.807, 2.05) is 20.8 Å². The van der Waals surface area contributed by atoms with Crippen molar-refractivity contribution in [3.05, 3.63) is 70.2 Å². The molecule has 2 aromatic rings. The molecule has 162 valence electrons. The van der Waals surface area contributed by atoms with Gasteiger partial charge in [0.2, 0.25) is 11.8 Å². The maximum atomic E-state index is 14.2. The third-order valence-electron chi connectivity index (χ3n) is 4.54. The Morgan fingerprint density at radius 2 is 1.73 bits per heavy atom. The zero-order valence-corrected chi connectivity index (χ0v) is 18.4. The maximum Gasteiger partial charge on any atom is 0.243 e. The highest BCUT2D eigenvalue weighted by Gasteiger charge is 2.31. The fourth-order valence-corrected chi connectivity index (χ4v) is 3.34. The lowest BCUT2D eigenvalue weighted by Crippen LogP contribution is -2.53. The number of hydrogen-bond acceptors (Lipinski definition) is 2. The van der Waals surface area contributed by atoms with Gasteiger partial charge in [-0.2, -0.15) is 0 Å². The Morgan fingerprint density at radius 1 is 1.10 bits per heavy atom. The summed E-state index contributed by atoms with van der Waals surface area (Å²) in [5.74, 6) is -1.72. The fourth-order valence-electron chi connectivity index (χ4n) is 3.11. The molecule has 0 aromatic heterocycles. The van der Waals surface area contributed by atoms with Crippen LogP contribution in [0.2, 0.25) is 5.02 Å². The van der Waals surface area contributed by atoms with Crippen molar-refractivity contribution >= 4 is 23.4 Å². The van der Waals surface area contributed by atoms with Gasteiger partial charge in [0.1, 0.15) is 17.7 Å². The smallest absolute Gasteiger partial charge is 0.243 e. The van der Waals surface area contributed by atoms with Gasteiger partial charge in [-0.25, -0.2) is 8.78 Å². The third kappa shape index (κ3) is 6.52. The van der Waals surface area contributed by atoms with Gasteiger partial charge in [0, 0.05) is 22.7 Å². The Bertz CT molecular complexity index is 875. The second kappa shape index (κ2) is 10.0. The molecule has 0 heterocycles. The molecule has 0 spiro atoms. The molecule has 1 atom stereocenters. The fraction of sp³-hybridized carbons (Fsp3) is 0.391. The normalized spacial score (nSPS) is 12.4. The minimum atomic E-state index is -0.771. The van der Waals surface area contributed by atoms with Crippen LogP contribution in [0.5, 0.6) is 0 Å². The van der Waals surface area contributed by atoms with E-state index in [-0.39, 0.29) is 29.5 Å². The van der Waals surface area contributed by atoms with Crippen LogP contribution in [0.25, 0.3) is 0 Å². The molecular formula is C23H27ClF2N2O2. The Hall–Kier alpha value is -2.47. The minimum Gasteiger partial charge on any atom is -0.350 e. The van der Waals surface area contributed by atoms with Crippen LogP contribution in [0.1, 0.15) is 45.2 Å². The number of rotatable bonds is 7. The Balaban J connectivity index is 2.36. The van der Waals surface area contributed by atoms with E-state index in [1.54, 1.807) is 19.1 Å². The molecule has 2 aromatic carbocycles. The molecule has 0 saturated carbocycles. The maximum absolute atomic E-state index is 14.2. The first-order valence-corrected chi connectivity index (χ1v) is 10.2. The van der Waals surface area contributed by atoms with Crippen LogP contribution >= 0.6 is 11.6 Å². The number of halogens is 3. The molecular weight excluding hydrogens is 410 g/mol. The number of carbonyl (C=O) groups is 2. The second-order valence-corrected chi connectivity index (χ2v) is 8.60. The highest BCUT2D eigenvalue weighted by molar-refractivity contribution is 6.31. The zero-order valence-electron chi connectivity index (χ0n) is 17.6. The van der Waals surface area contributed by atoms with Crippen molar-refractivity contribution < 1.29 is 18.4 Å². The van der Waals surface area contributed by atoms with Crippen LogP contribution in [0.15, 0.2) is 42.5 Å². The van der Waals surface area contributed by atoms with Gasteiger partial charge in [-0.05, 0) is 57.0 Å². The van der Waals surface area contributed by atoms with Crippen molar-refractivity contribution in [2.24, 2.45) is 0 Å². The summed E-state index contributed by atoms with van der Waals surface area (Å²) in [6, 6.07) is 9.15. The topological polar surface area (TPSA) is 49.4 Å². The summed E-state index contributed by atoms with van der Waals surface area (Å²) >= 11 is 6.09. The number of amides is 2. The molecule has 0 saturated heterocycles. The van der Waals surface area contributed by atoms with E-state index in [2.05, 4.69) is 5.32 Å². The van der Waals surface area contributed by atoms with Crippen LogP contribution in [0.3, 0.4) is 0 Å². The lowest BCUT2D eigenvalue weighted by molar-refractivity contribution is -0.141. The van der Waals surface area contributed by atoms with Gasteiger partial charge in [0.25, 0.3) is 0 Å². The predicted octanol–water partition coefficient (Wildman–Crippen LogP) is 4.88. The Kier molecular flexibility index (Phi) is 7.96. The van der Waals surface area contributed by atoms with Crippen LogP contribution in [-0.4, -0.2) is 28.3 Å². The van der Waals surface area contributed by atoms with E-state index in [9.17, 15) is 18.4 Å². The molecule has 0 radical (unpaired) electrons. The van der Waals surface area contributed by atoms with Gasteiger partial charge in [-0.1, -0.05) is 36.7 Å². The van der Waals surface area contributed by atoms with Crippen molar-refractivity contribution in [2.45, 2.75) is 58.7 Å². The molecule has 30 heavy (non-hydrogen) atoms. The van der Waals surface area contributed by atoms with Crippen LogP contribution < -0.4 is 5.32 Å². The lowest BCUT2D eigenvalue weighted by atomic mass is 10.0. The second-order valence-electron chi connectivity index (χ2n) is 8.19. The zero-order chi connectivity index (χ0) is 22.5. The molecule has 0 fully saturated rings. The van der Waals surface area contributed by atoms with Crippen molar-refractivity contribution in [2.75, 3.05) is 0 Å². The van der Waals surface area contributed by atoms with Crippen LogP contribution in [-0.2, 0) is 22.6 Å². The first kappa shape index (κ1) is 23.8. The lowest BCUT2D eigenvalue weighted by Gasteiger charge is -2.33. The highest BCUT2D eigenvalue weighted by atomic mass is 35.5. The molecule has 0 aliphatic heterocycles. The summed E-state index contributed by atoms with van der Waals surface area (Å²) < 4.78 is 27.5. The summed E-state index contributed by atoms with van der Waals surface area (Å²) in [4.78, 5) is 27.5. The summed E-state index contributed by atoms with van der Waals surface area (Å²) in [7, 11) is 0. The molecule has 1 N–H and O–H groups in total. The van der Waals surface area contributed by atoms with E-state index < -0.39 is 29.1 Å². The van der Waals surface area contributed by atoms with E-state index in [0.29, 0.717) is 12.0 Å². The van der Waals surface area contributed by atoms with Crippen molar-refractivity contribution in [1.82, 2.24) is 10.2 Å². The summed E-state index contributed by atoms with van der Waals surface area (Å²) in [6.45, 7) is 7.43. The van der Waals surface area contributed by atoms with E-state index in [0.717, 1.165) is 0 Å². The van der Waals surface area contributed by atoms with Gasteiger partial charge in [0.15, 0.2) is 0 Å². The van der Waals surface area contributed by atoms with Gasteiger partial charge in [-0.15, -0.1) is 0 Å². The van der Waals surface area contributed by atoms with Crippen molar-refractivity contribution in [3.63, 3.8) is 0 Å². The van der Waals surface area contributed by atoms with Gasteiger partial charge < -0.3 is 10.2 Å². The Morgan fingerprint density at radius 3 is 2.27 bits per heavy atom. The van der Waals surface area contributed by atoms with E-state index >= 15 is 0 Å². The summed E-state index contributed by atoms with van der Waals surface area (Å²) in [5.41, 5.74) is 0.259. The average Bonchev–Trinajstić information content (AvgIpc) is 2.64. The van der Waals surface area contributed by atoms with Crippen LogP contribution in [0, 0.1) is 11.6 Å². The van der Waals surface area contributed by atoms with E-state index in [1.165, 1.54) is 35.2 Å². The quantitative estimate of drug-likeness (QED) is 0.672. The minimum absolute atomic E-state index is 0.0827. The molecule has 7 heteroatoms. The SMILES string of the molecule is CCC(C(=O)NC(C)(C)C)N(Cc1ccc(F)cc1)C(=O)Cc1c(F)cccc1Cl. The number of nitrogens with one attached hydrogen (secondary N) is 1. The molecule has 2 amide bonds. The average molecular weight is 437 g/mol. The largest absolute Gasteiger partial charge is 0.350 e. The summed E-state index contributed by atoms with van der Waals surface area (Å²) in [6.07, 6.45) is 0.0752. The van der Waals surface area contributed by atoms with Gasteiger partial charge in [-0.3, -0.25) is 9.59 Å². The first-order valence-electron chi connectivity index (χ1n) is 9.80. The van der Waals surface area contributed by atoms with Gasteiger partial charge >= 0.3 is 0 Å². The Labute approximate surface area is 181 Å². The molecule has 0 bridgehead atoms. The van der Waals surface area contributed by atoms with E-state index in [4.69, 9.17) is 11.6 Å². The number of nitrogens with zero attached hydrogens (tertiary/aromatic N) is 1. The van der Waals surface area contributed by atoms with Crippen LogP contribution in [0.4, 0.5) is 8.78 Å². The number of hydrogen-bond donors (Lipinski definition) is 1. The molecule has 2 rings (SSSR count). The number of benzene rings is 2. The van der Waals surface area contributed by atoms with Gasteiger partial charge in [0.05, 0.1) is 6.42 Å². The van der Waals surface area contributed by atoms with Crippen molar-refractivity contribution in [3.8, 4) is 0 Å². The molecule has 0 aliphatic carbocycles. The monoisotopic (exact) mass is 436 g/mol. The molecule has 0 aliphatic rings. The molecule has 4 nitrogen and oxygen atoms in total. The standard InChI is InChI=1S/C23H27ClF2N2O2/c1-5-20(22(30)27-23(2,3)4)28(14-15-9-11-16(25)12-10-15)21(29)13-17-18(24)7-6-8-19(17)26/h6-12,20H,5,13-14H2,1-4H3,(H,27,30). The third-order valence-corrected chi connectivity index (χ3v) is 4.89. The number of carbonyl (C=O) groups excluding carboxylic acids is 2. The summed E-state index contributed by atoms with van der Waals surface area (Å²) in [5, 5.41) is 3.04. The predicted molar refractivity (Wildman–Crippen MR) is 114 cm³/mol.